The Hall–Kier alpha value is -0.620. The summed E-state index contributed by atoms with van der Waals surface area (Å²) in [7, 11) is -3.01. The van der Waals surface area contributed by atoms with Crippen LogP contribution in [0.25, 0.3) is 0 Å². The molecule has 5 nitrogen and oxygen atoms in total. The lowest BCUT2D eigenvalue weighted by Crippen LogP contribution is -2.31. The van der Waals surface area contributed by atoms with Gasteiger partial charge in [0, 0.05) is 18.7 Å². The molecule has 0 radical (unpaired) electrons. The molecule has 1 amide bonds. The largest absolute Gasteiger partial charge is 0.355 e. The Labute approximate surface area is 123 Å². The van der Waals surface area contributed by atoms with Gasteiger partial charge in [0.1, 0.15) is 0 Å². The molecule has 0 saturated carbocycles. The molecule has 6 heteroatoms. The van der Waals surface area contributed by atoms with Crippen molar-refractivity contribution in [2.45, 2.75) is 47.0 Å². The SMILES string of the molecule is CCS(=O)(=O)CCNC(=O)CCC(CCN)C(C)(C)C. The minimum Gasteiger partial charge on any atom is -0.355 e. The summed E-state index contributed by atoms with van der Waals surface area (Å²) in [5, 5.41) is 2.67. The minimum atomic E-state index is -3.01. The zero-order chi connectivity index (χ0) is 15.8. The standard InChI is InChI=1S/C14H30N2O3S/c1-5-20(18,19)11-10-16-13(17)7-6-12(8-9-15)14(2,3)4/h12H,5-11,15H2,1-4H3,(H,16,17). The fourth-order valence-electron chi connectivity index (χ4n) is 2.10. The van der Waals surface area contributed by atoms with Crippen molar-refractivity contribution in [2.75, 3.05) is 24.6 Å². The van der Waals surface area contributed by atoms with E-state index in [4.69, 9.17) is 5.73 Å². The van der Waals surface area contributed by atoms with E-state index in [0.29, 0.717) is 18.9 Å². The third kappa shape index (κ3) is 8.53. The van der Waals surface area contributed by atoms with Crippen molar-refractivity contribution in [3.05, 3.63) is 0 Å². The third-order valence-electron chi connectivity index (χ3n) is 3.63. The summed E-state index contributed by atoms with van der Waals surface area (Å²) in [6.45, 7) is 8.89. The zero-order valence-electron chi connectivity index (χ0n) is 13.2. The molecule has 0 aromatic rings. The van der Waals surface area contributed by atoms with Crippen LogP contribution in [0.5, 0.6) is 0 Å². The Kier molecular flexibility index (Phi) is 8.35. The van der Waals surface area contributed by atoms with E-state index in [-0.39, 0.29) is 29.4 Å². The van der Waals surface area contributed by atoms with Crippen LogP contribution in [-0.4, -0.2) is 38.9 Å². The molecule has 0 bridgehead atoms. The van der Waals surface area contributed by atoms with E-state index in [1.807, 2.05) is 0 Å². The first-order valence-electron chi connectivity index (χ1n) is 7.29. The van der Waals surface area contributed by atoms with Gasteiger partial charge in [-0.2, -0.15) is 0 Å². The van der Waals surface area contributed by atoms with Crippen molar-refractivity contribution >= 4 is 15.7 Å². The number of nitrogens with two attached hydrogens (primary N) is 1. The molecule has 0 fully saturated rings. The second kappa shape index (κ2) is 8.62. The van der Waals surface area contributed by atoms with Gasteiger partial charge in [0.25, 0.3) is 0 Å². The highest BCUT2D eigenvalue weighted by molar-refractivity contribution is 7.91. The van der Waals surface area contributed by atoms with Crippen molar-refractivity contribution in [2.24, 2.45) is 17.1 Å². The van der Waals surface area contributed by atoms with Crippen LogP contribution < -0.4 is 11.1 Å². The van der Waals surface area contributed by atoms with Crippen molar-refractivity contribution in [3.8, 4) is 0 Å². The number of carbonyl (C=O) groups excluding carboxylic acids is 1. The van der Waals surface area contributed by atoms with Crippen LogP contribution in [0.15, 0.2) is 0 Å². The van der Waals surface area contributed by atoms with E-state index in [2.05, 4.69) is 26.1 Å². The Bertz CT molecular complexity index is 386. The molecule has 0 aliphatic rings. The van der Waals surface area contributed by atoms with E-state index in [9.17, 15) is 13.2 Å². The van der Waals surface area contributed by atoms with Gasteiger partial charge < -0.3 is 11.1 Å². The molecule has 0 aliphatic carbocycles. The molecule has 120 valence electrons. The van der Waals surface area contributed by atoms with Crippen LogP contribution in [0.4, 0.5) is 0 Å². The summed E-state index contributed by atoms with van der Waals surface area (Å²) in [5.41, 5.74) is 5.74. The molecule has 0 saturated heterocycles. The summed E-state index contributed by atoms with van der Waals surface area (Å²) >= 11 is 0. The van der Waals surface area contributed by atoms with E-state index in [0.717, 1.165) is 12.8 Å². The average Bonchev–Trinajstić information content (AvgIpc) is 2.32. The first-order valence-corrected chi connectivity index (χ1v) is 9.11. The van der Waals surface area contributed by atoms with Crippen LogP contribution in [-0.2, 0) is 14.6 Å². The molecule has 0 heterocycles. The maximum Gasteiger partial charge on any atom is 0.220 e. The van der Waals surface area contributed by atoms with Crippen LogP contribution in [0.3, 0.4) is 0 Å². The molecule has 0 spiro atoms. The quantitative estimate of drug-likeness (QED) is 0.672. The van der Waals surface area contributed by atoms with Crippen LogP contribution in [0.2, 0.25) is 0 Å². The summed E-state index contributed by atoms with van der Waals surface area (Å²) in [4.78, 5) is 11.7. The number of rotatable bonds is 9. The fraction of sp³-hybridized carbons (Fsp3) is 0.929. The summed E-state index contributed by atoms with van der Waals surface area (Å²) < 4.78 is 22.6. The van der Waals surface area contributed by atoms with Gasteiger partial charge in [0.2, 0.25) is 5.91 Å². The van der Waals surface area contributed by atoms with Gasteiger partial charge in [-0.3, -0.25) is 4.79 Å². The first kappa shape index (κ1) is 19.4. The van der Waals surface area contributed by atoms with Gasteiger partial charge >= 0.3 is 0 Å². The molecule has 0 aromatic heterocycles. The first-order chi connectivity index (χ1) is 9.12. The lowest BCUT2D eigenvalue weighted by molar-refractivity contribution is -0.121. The zero-order valence-corrected chi connectivity index (χ0v) is 14.1. The molecule has 1 atom stereocenters. The third-order valence-corrected chi connectivity index (χ3v) is 5.34. The average molecular weight is 306 g/mol. The van der Waals surface area contributed by atoms with E-state index < -0.39 is 9.84 Å². The van der Waals surface area contributed by atoms with Gasteiger partial charge in [-0.15, -0.1) is 0 Å². The van der Waals surface area contributed by atoms with E-state index in [1.165, 1.54) is 0 Å². The Morgan fingerprint density at radius 1 is 1.25 bits per heavy atom. The number of carbonyl (C=O) groups is 1. The molecule has 1 unspecified atom stereocenters. The van der Waals surface area contributed by atoms with Crippen LogP contribution in [0.1, 0.15) is 47.0 Å². The predicted octanol–water partition coefficient (Wildman–Crippen LogP) is 1.33. The minimum absolute atomic E-state index is 0.0146. The van der Waals surface area contributed by atoms with Gasteiger partial charge in [-0.05, 0) is 30.7 Å². The summed E-state index contributed by atoms with van der Waals surface area (Å²) in [6, 6.07) is 0. The molecular weight excluding hydrogens is 276 g/mol. The topological polar surface area (TPSA) is 89.3 Å². The van der Waals surface area contributed by atoms with Crippen LogP contribution >= 0.6 is 0 Å². The maximum absolute atomic E-state index is 11.7. The fourth-order valence-corrected chi connectivity index (χ4v) is 2.80. The smallest absolute Gasteiger partial charge is 0.220 e. The highest BCUT2D eigenvalue weighted by Crippen LogP contribution is 2.31. The summed E-state index contributed by atoms with van der Waals surface area (Å²) in [5.74, 6) is 0.451. The van der Waals surface area contributed by atoms with E-state index >= 15 is 0 Å². The number of sulfone groups is 1. The predicted molar refractivity (Wildman–Crippen MR) is 83.2 cm³/mol. The second-order valence-electron chi connectivity index (χ2n) is 6.27. The molecular formula is C14H30N2O3S. The number of hydrogen-bond donors (Lipinski definition) is 2. The lowest BCUT2D eigenvalue weighted by Gasteiger charge is -2.30. The molecule has 0 aliphatic heterocycles. The Morgan fingerprint density at radius 3 is 2.30 bits per heavy atom. The Morgan fingerprint density at radius 2 is 1.85 bits per heavy atom. The van der Waals surface area contributed by atoms with Crippen molar-refractivity contribution in [1.82, 2.24) is 5.32 Å². The highest BCUT2D eigenvalue weighted by atomic mass is 32.2. The molecule has 3 N–H and O–H groups in total. The van der Waals surface area contributed by atoms with E-state index in [1.54, 1.807) is 6.92 Å². The van der Waals surface area contributed by atoms with Crippen molar-refractivity contribution in [1.29, 1.82) is 0 Å². The summed E-state index contributed by atoms with van der Waals surface area (Å²) in [6.07, 6.45) is 2.11. The van der Waals surface area contributed by atoms with Gasteiger partial charge in [0.15, 0.2) is 9.84 Å². The van der Waals surface area contributed by atoms with Crippen LogP contribution in [0, 0.1) is 11.3 Å². The normalized spacial score (nSPS) is 14.1. The number of hydrogen-bond acceptors (Lipinski definition) is 4. The molecule has 0 aromatic carbocycles. The lowest BCUT2D eigenvalue weighted by atomic mass is 9.76. The molecule has 0 rings (SSSR count). The number of amides is 1. The van der Waals surface area contributed by atoms with Crippen molar-refractivity contribution in [3.63, 3.8) is 0 Å². The van der Waals surface area contributed by atoms with Crippen molar-refractivity contribution < 1.29 is 13.2 Å². The second-order valence-corrected chi connectivity index (χ2v) is 8.74. The van der Waals surface area contributed by atoms with Gasteiger partial charge in [-0.25, -0.2) is 8.42 Å². The number of nitrogens with one attached hydrogen (secondary N) is 1. The highest BCUT2D eigenvalue weighted by Gasteiger charge is 2.24. The molecule has 20 heavy (non-hydrogen) atoms. The Balaban J connectivity index is 4.09. The van der Waals surface area contributed by atoms with Gasteiger partial charge in [-0.1, -0.05) is 27.7 Å². The monoisotopic (exact) mass is 306 g/mol. The van der Waals surface area contributed by atoms with Gasteiger partial charge in [0.05, 0.1) is 5.75 Å². The maximum atomic E-state index is 11.7.